The second kappa shape index (κ2) is 6.60. The zero-order chi connectivity index (χ0) is 16.4. The average molecular weight is 305 g/mol. The van der Waals surface area contributed by atoms with Gasteiger partial charge in [0.1, 0.15) is 0 Å². The van der Waals surface area contributed by atoms with E-state index in [1.807, 2.05) is 0 Å². The summed E-state index contributed by atoms with van der Waals surface area (Å²) in [4.78, 5) is 1.16. The van der Waals surface area contributed by atoms with E-state index in [2.05, 4.69) is 73.3 Å². The Morgan fingerprint density at radius 1 is 1.14 bits per heavy atom. The van der Waals surface area contributed by atoms with E-state index in [0.29, 0.717) is 5.92 Å². The molecule has 0 aliphatic heterocycles. The molecule has 1 atom stereocenters. The summed E-state index contributed by atoms with van der Waals surface area (Å²) in [5, 5.41) is 0. The Kier molecular flexibility index (Phi) is 5.77. The quantitative estimate of drug-likeness (QED) is 0.474. The van der Waals surface area contributed by atoms with Gasteiger partial charge in [-0.2, -0.15) is 0 Å². The van der Waals surface area contributed by atoms with E-state index in [9.17, 15) is 0 Å². The summed E-state index contributed by atoms with van der Waals surface area (Å²) >= 11 is 4.92. The third kappa shape index (κ3) is 4.64. The molecule has 0 radical (unpaired) electrons. The lowest BCUT2D eigenvalue weighted by molar-refractivity contribution is 0.408. The molecule has 0 aromatic heterocycles. The van der Waals surface area contributed by atoms with Crippen LogP contribution in [0.2, 0.25) is 0 Å². The molecule has 21 heavy (non-hydrogen) atoms. The first kappa shape index (κ1) is 18.4. The molecule has 0 nitrogen and oxygen atoms in total. The van der Waals surface area contributed by atoms with Crippen LogP contribution in [0.4, 0.5) is 0 Å². The van der Waals surface area contributed by atoms with Crippen molar-refractivity contribution in [1.82, 2.24) is 0 Å². The molecule has 0 bridgehead atoms. The maximum Gasteiger partial charge on any atom is 0.0118 e. The van der Waals surface area contributed by atoms with Crippen LogP contribution in [0.25, 0.3) is 0 Å². The number of thiol groups is 1. The first-order valence-electron chi connectivity index (χ1n) is 7.99. The van der Waals surface area contributed by atoms with Crippen LogP contribution in [-0.2, 0) is 11.8 Å². The van der Waals surface area contributed by atoms with E-state index in [0.717, 1.165) is 17.7 Å². The fraction of sp³-hybridized carbons (Fsp3) is 0.600. The lowest BCUT2D eigenvalue weighted by Crippen LogP contribution is -2.17. The van der Waals surface area contributed by atoms with Crippen molar-refractivity contribution in [2.45, 2.75) is 77.5 Å². The fourth-order valence-electron chi connectivity index (χ4n) is 2.88. The van der Waals surface area contributed by atoms with Crippen LogP contribution in [0.3, 0.4) is 0 Å². The molecular formula is C20H32S. The van der Waals surface area contributed by atoms with E-state index in [-0.39, 0.29) is 10.8 Å². The fourth-order valence-corrected chi connectivity index (χ4v) is 3.60. The van der Waals surface area contributed by atoms with Gasteiger partial charge in [0.2, 0.25) is 0 Å². The maximum atomic E-state index is 4.92. The van der Waals surface area contributed by atoms with E-state index < -0.39 is 0 Å². The SMILES string of the molecule is C=CC(CC)c1c(CC(C)(C)C)ccc(C(C)(C)C)c1S. The van der Waals surface area contributed by atoms with Gasteiger partial charge in [0, 0.05) is 10.8 Å². The zero-order valence-corrected chi connectivity index (χ0v) is 15.8. The van der Waals surface area contributed by atoms with Gasteiger partial charge >= 0.3 is 0 Å². The first-order valence-corrected chi connectivity index (χ1v) is 8.43. The first-order chi connectivity index (χ1) is 9.51. The summed E-state index contributed by atoms with van der Waals surface area (Å²) < 4.78 is 0. The topological polar surface area (TPSA) is 0 Å². The Balaban J connectivity index is 3.53. The molecule has 1 heteroatoms. The molecular weight excluding hydrogens is 272 g/mol. The van der Waals surface area contributed by atoms with Gasteiger partial charge in [0.15, 0.2) is 0 Å². The highest BCUT2D eigenvalue weighted by Crippen LogP contribution is 2.39. The molecule has 0 saturated heterocycles. The van der Waals surface area contributed by atoms with E-state index in [4.69, 9.17) is 12.6 Å². The molecule has 0 spiro atoms. The summed E-state index contributed by atoms with van der Waals surface area (Å²) in [5.41, 5.74) is 4.53. The number of benzene rings is 1. The largest absolute Gasteiger partial charge is 0.143 e. The van der Waals surface area contributed by atoms with Gasteiger partial charge in [-0.05, 0) is 40.4 Å². The van der Waals surface area contributed by atoms with Crippen LogP contribution in [0, 0.1) is 5.41 Å². The maximum absolute atomic E-state index is 4.92. The molecule has 1 rings (SSSR count). The number of hydrogen-bond acceptors (Lipinski definition) is 1. The van der Waals surface area contributed by atoms with Crippen molar-refractivity contribution in [2.24, 2.45) is 5.41 Å². The minimum absolute atomic E-state index is 0.117. The molecule has 0 aliphatic carbocycles. The van der Waals surface area contributed by atoms with Crippen LogP contribution in [0.5, 0.6) is 0 Å². The van der Waals surface area contributed by atoms with Gasteiger partial charge in [-0.3, -0.25) is 0 Å². The molecule has 118 valence electrons. The number of rotatable bonds is 4. The van der Waals surface area contributed by atoms with Crippen LogP contribution in [0.15, 0.2) is 29.7 Å². The highest BCUT2D eigenvalue weighted by atomic mass is 32.1. The second-order valence-corrected chi connectivity index (χ2v) is 8.72. The highest BCUT2D eigenvalue weighted by Gasteiger charge is 2.24. The van der Waals surface area contributed by atoms with Gasteiger partial charge in [-0.15, -0.1) is 19.2 Å². The summed E-state index contributed by atoms with van der Waals surface area (Å²) in [6, 6.07) is 4.58. The summed E-state index contributed by atoms with van der Waals surface area (Å²) in [6.07, 6.45) is 4.22. The molecule has 0 saturated carbocycles. The van der Waals surface area contributed by atoms with Gasteiger partial charge < -0.3 is 0 Å². The van der Waals surface area contributed by atoms with E-state index in [1.54, 1.807) is 0 Å². The van der Waals surface area contributed by atoms with Crippen molar-refractivity contribution < 1.29 is 0 Å². The third-order valence-corrected chi connectivity index (χ3v) is 4.41. The Morgan fingerprint density at radius 2 is 1.71 bits per heavy atom. The minimum atomic E-state index is 0.117. The normalized spacial score (nSPS) is 14.1. The van der Waals surface area contributed by atoms with Gasteiger partial charge in [0.25, 0.3) is 0 Å². The third-order valence-electron chi connectivity index (χ3n) is 3.93. The molecule has 1 aromatic rings. The molecule has 0 N–H and O–H groups in total. The Labute approximate surface area is 137 Å². The Morgan fingerprint density at radius 3 is 2.10 bits per heavy atom. The number of allylic oxidation sites excluding steroid dienone is 1. The molecule has 0 aliphatic rings. The monoisotopic (exact) mass is 304 g/mol. The molecule has 0 amide bonds. The highest BCUT2D eigenvalue weighted by molar-refractivity contribution is 7.80. The molecule has 1 unspecified atom stereocenters. The summed E-state index contributed by atoms with van der Waals surface area (Å²) in [5.74, 6) is 0.386. The second-order valence-electron chi connectivity index (χ2n) is 8.27. The summed E-state index contributed by atoms with van der Waals surface area (Å²) in [7, 11) is 0. The zero-order valence-electron chi connectivity index (χ0n) is 14.9. The van der Waals surface area contributed by atoms with E-state index in [1.165, 1.54) is 16.7 Å². The molecule has 0 fully saturated rings. The van der Waals surface area contributed by atoms with Crippen LogP contribution < -0.4 is 0 Å². The van der Waals surface area contributed by atoms with Gasteiger partial charge in [0.05, 0.1) is 0 Å². The standard InChI is InChI=1S/C20H32S/c1-9-14(10-2)17-15(13-19(3,4)5)11-12-16(18(17)21)20(6,7)8/h9,11-12,14,21H,1,10,13H2,2-8H3. The van der Waals surface area contributed by atoms with Crippen molar-refractivity contribution in [2.75, 3.05) is 0 Å². The number of hydrogen-bond donors (Lipinski definition) is 1. The van der Waals surface area contributed by atoms with Crippen molar-refractivity contribution in [1.29, 1.82) is 0 Å². The van der Waals surface area contributed by atoms with Crippen molar-refractivity contribution >= 4 is 12.6 Å². The predicted octanol–water partition coefficient (Wildman–Crippen LogP) is 6.54. The van der Waals surface area contributed by atoms with Gasteiger partial charge in [-0.25, -0.2) is 0 Å². The van der Waals surface area contributed by atoms with Crippen molar-refractivity contribution in [3.05, 3.63) is 41.5 Å². The van der Waals surface area contributed by atoms with Gasteiger partial charge in [-0.1, -0.05) is 66.7 Å². The Bertz CT molecular complexity index is 498. The lowest BCUT2D eigenvalue weighted by Gasteiger charge is -2.29. The molecule has 1 aromatic carbocycles. The van der Waals surface area contributed by atoms with Crippen LogP contribution in [0.1, 0.15) is 77.5 Å². The average Bonchev–Trinajstić information content (AvgIpc) is 2.30. The molecule has 0 heterocycles. The van der Waals surface area contributed by atoms with Crippen LogP contribution >= 0.6 is 12.6 Å². The summed E-state index contributed by atoms with van der Waals surface area (Å²) in [6.45, 7) is 19.9. The minimum Gasteiger partial charge on any atom is -0.143 e. The van der Waals surface area contributed by atoms with Crippen molar-refractivity contribution in [3.63, 3.8) is 0 Å². The Hall–Kier alpha value is -0.690. The predicted molar refractivity (Wildman–Crippen MR) is 98.8 cm³/mol. The van der Waals surface area contributed by atoms with Crippen molar-refractivity contribution in [3.8, 4) is 0 Å². The van der Waals surface area contributed by atoms with Crippen LogP contribution in [-0.4, -0.2) is 0 Å². The smallest absolute Gasteiger partial charge is 0.0118 e. The van der Waals surface area contributed by atoms with E-state index >= 15 is 0 Å². The lowest BCUT2D eigenvalue weighted by atomic mass is 9.78.